The summed E-state index contributed by atoms with van der Waals surface area (Å²) in [7, 11) is 0. The van der Waals surface area contributed by atoms with E-state index in [-0.39, 0.29) is 11.8 Å². The van der Waals surface area contributed by atoms with Crippen LogP contribution in [0.4, 0.5) is 18.9 Å². The lowest BCUT2D eigenvalue weighted by molar-refractivity contribution is -0.153. The van der Waals surface area contributed by atoms with Crippen molar-refractivity contribution in [1.82, 2.24) is 0 Å². The second-order valence-electron chi connectivity index (χ2n) is 4.71. The van der Waals surface area contributed by atoms with Crippen LogP contribution in [-0.4, -0.2) is 38.2 Å². The first-order valence-corrected chi connectivity index (χ1v) is 6.19. The largest absolute Gasteiger partial charge is 0.482 e. The van der Waals surface area contributed by atoms with Crippen LogP contribution in [0.1, 0.15) is 16.8 Å². The zero-order valence-corrected chi connectivity index (χ0v) is 10.7. The highest BCUT2D eigenvalue weighted by molar-refractivity contribution is 5.87. The third-order valence-electron chi connectivity index (χ3n) is 3.09. The Kier molecular flexibility index (Phi) is 4.17. The summed E-state index contributed by atoms with van der Waals surface area (Å²) in [6, 6.07) is 4.42. The van der Waals surface area contributed by atoms with Gasteiger partial charge in [0, 0.05) is 24.7 Å². The van der Waals surface area contributed by atoms with Crippen LogP contribution in [0, 0.1) is 0 Å². The number of benzene rings is 1. The molecule has 1 aromatic rings. The predicted molar refractivity (Wildman–Crippen MR) is 68.2 cm³/mol. The average molecular weight is 288 g/mol. The van der Waals surface area contributed by atoms with Gasteiger partial charge in [-0.15, -0.1) is 0 Å². The van der Waals surface area contributed by atoms with Crippen LogP contribution in [0.15, 0.2) is 18.2 Å². The number of hydrogen-bond acceptors (Lipinski definition) is 4. The summed E-state index contributed by atoms with van der Waals surface area (Å²) in [5, 5.41) is 0. The SMILES string of the molecule is N[C@H]1CCN(c2c(C=O)cccc2OCC(F)(F)F)C1. The second-order valence-corrected chi connectivity index (χ2v) is 4.71. The van der Waals surface area contributed by atoms with E-state index in [1.807, 2.05) is 0 Å². The number of halogens is 3. The summed E-state index contributed by atoms with van der Waals surface area (Å²) < 4.78 is 41.6. The molecule has 0 aliphatic carbocycles. The van der Waals surface area contributed by atoms with Crippen LogP contribution in [-0.2, 0) is 0 Å². The first-order valence-electron chi connectivity index (χ1n) is 6.19. The summed E-state index contributed by atoms with van der Waals surface area (Å²) in [4.78, 5) is 12.9. The monoisotopic (exact) mass is 288 g/mol. The topological polar surface area (TPSA) is 55.6 Å². The Balaban J connectivity index is 2.28. The molecule has 4 nitrogen and oxygen atoms in total. The van der Waals surface area contributed by atoms with Crippen molar-refractivity contribution in [1.29, 1.82) is 0 Å². The molecule has 0 unspecified atom stereocenters. The Hall–Kier alpha value is -1.76. The quantitative estimate of drug-likeness (QED) is 0.861. The fourth-order valence-corrected chi connectivity index (χ4v) is 2.24. The van der Waals surface area contributed by atoms with Crippen LogP contribution in [0.25, 0.3) is 0 Å². The second kappa shape index (κ2) is 5.70. The highest BCUT2D eigenvalue weighted by Crippen LogP contribution is 2.34. The Morgan fingerprint density at radius 2 is 2.20 bits per heavy atom. The third-order valence-corrected chi connectivity index (χ3v) is 3.09. The first-order chi connectivity index (χ1) is 9.40. The normalized spacial score (nSPS) is 19.2. The molecular weight excluding hydrogens is 273 g/mol. The number of rotatable bonds is 4. The minimum absolute atomic E-state index is 0.0508. The number of ether oxygens (including phenoxy) is 1. The molecule has 1 fully saturated rings. The number of para-hydroxylation sites is 1. The average Bonchev–Trinajstić information content (AvgIpc) is 2.81. The van der Waals surface area contributed by atoms with Crippen LogP contribution >= 0.6 is 0 Å². The molecule has 110 valence electrons. The lowest BCUT2D eigenvalue weighted by Gasteiger charge is -2.23. The lowest BCUT2D eigenvalue weighted by atomic mass is 10.1. The van der Waals surface area contributed by atoms with E-state index in [0.717, 1.165) is 6.42 Å². The van der Waals surface area contributed by atoms with Crippen LogP contribution in [0.2, 0.25) is 0 Å². The summed E-state index contributed by atoms with van der Waals surface area (Å²) in [6.07, 6.45) is -3.08. The molecule has 0 bridgehead atoms. The molecule has 2 N–H and O–H groups in total. The van der Waals surface area contributed by atoms with E-state index in [2.05, 4.69) is 0 Å². The van der Waals surface area contributed by atoms with Gasteiger partial charge < -0.3 is 15.4 Å². The molecule has 7 heteroatoms. The molecule has 0 spiro atoms. The summed E-state index contributed by atoms with van der Waals surface area (Å²) in [5.41, 5.74) is 6.49. The van der Waals surface area contributed by atoms with Gasteiger partial charge >= 0.3 is 6.18 Å². The minimum atomic E-state index is -4.42. The van der Waals surface area contributed by atoms with Gasteiger partial charge in [-0.3, -0.25) is 4.79 Å². The Labute approximate surface area is 114 Å². The Bertz CT molecular complexity index is 491. The molecular formula is C13H15F3N2O2. The van der Waals surface area contributed by atoms with Crippen LogP contribution in [0.5, 0.6) is 5.75 Å². The number of hydrogen-bond donors (Lipinski definition) is 1. The molecule has 1 atom stereocenters. The number of nitrogens with two attached hydrogens (primary N) is 1. The Morgan fingerprint density at radius 1 is 1.45 bits per heavy atom. The van der Waals surface area contributed by atoms with Crippen LogP contribution in [0.3, 0.4) is 0 Å². The van der Waals surface area contributed by atoms with Crippen molar-refractivity contribution in [2.45, 2.75) is 18.6 Å². The van der Waals surface area contributed by atoms with Gasteiger partial charge in [-0.05, 0) is 18.6 Å². The van der Waals surface area contributed by atoms with Crippen molar-refractivity contribution in [3.05, 3.63) is 23.8 Å². The lowest BCUT2D eigenvalue weighted by Crippen LogP contribution is -2.28. The maximum Gasteiger partial charge on any atom is 0.422 e. The molecule has 0 amide bonds. The van der Waals surface area contributed by atoms with Crippen molar-refractivity contribution in [3.63, 3.8) is 0 Å². The van der Waals surface area contributed by atoms with Gasteiger partial charge in [-0.25, -0.2) is 0 Å². The van der Waals surface area contributed by atoms with E-state index in [0.29, 0.717) is 30.6 Å². The smallest absolute Gasteiger partial charge is 0.422 e. The van der Waals surface area contributed by atoms with Crippen molar-refractivity contribution in [2.24, 2.45) is 5.73 Å². The molecule has 1 saturated heterocycles. The fourth-order valence-electron chi connectivity index (χ4n) is 2.24. The van der Waals surface area contributed by atoms with E-state index in [1.165, 1.54) is 12.1 Å². The highest BCUT2D eigenvalue weighted by Gasteiger charge is 2.30. The number of carbonyl (C=O) groups excluding carboxylic acids is 1. The molecule has 2 rings (SSSR count). The standard InChI is InChI=1S/C13H15F3N2O2/c14-13(15,16)8-20-11-3-1-2-9(7-19)12(11)18-5-4-10(17)6-18/h1-3,7,10H,4-6,8,17H2/t10-/m0/s1. The molecule has 1 aliphatic rings. The highest BCUT2D eigenvalue weighted by atomic mass is 19.4. The molecule has 20 heavy (non-hydrogen) atoms. The van der Waals surface area contributed by atoms with Gasteiger partial charge in [0.25, 0.3) is 0 Å². The molecule has 0 radical (unpaired) electrons. The third kappa shape index (κ3) is 3.41. The predicted octanol–water partition coefficient (Wildman–Crippen LogP) is 1.98. The molecule has 0 aromatic heterocycles. The number of carbonyl (C=O) groups is 1. The van der Waals surface area contributed by atoms with E-state index in [4.69, 9.17) is 10.5 Å². The van der Waals surface area contributed by atoms with Gasteiger partial charge in [0.1, 0.15) is 5.75 Å². The zero-order valence-electron chi connectivity index (χ0n) is 10.7. The molecule has 1 heterocycles. The first kappa shape index (κ1) is 14.6. The van der Waals surface area contributed by atoms with E-state index < -0.39 is 12.8 Å². The summed E-state index contributed by atoms with van der Waals surface area (Å²) >= 11 is 0. The van der Waals surface area contributed by atoms with Gasteiger partial charge in [-0.1, -0.05) is 6.07 Å². The minimum Gasteiger partial charge on any atom is -0.482 e. The summed E-state index contributed by atoms with van der Waals surface area (Å²) in [6.45, 7) is -0.302. The molecule has 1 aromatic carbocycles. The van der Waals surface area contributed by atoms with E-state index in [9.17, 15) is 18.0 Å². The van der Waals surface area contributed by atoms with Crippen molar-refractivity contribution in [2.75, 3.05) is 24.6 Å². The number of nitrogens with zero attached hydrogens (tertiary/aromatic N) is 1. The van der Waals surface area contributed by atoms with Crippen molar-refractivity contribution >= 4 is 12.0 Å². The maximum absolute atomic E-state index is 12.3. The Morgan fingerprint density at radius 3 is 2.75 bits per heavy atom. The number of aldehydes is 1. The van der Waals surface area contributed by atoms with E-state index >= 15 is 0 Å². The van der Waals surface area contributed by atoms with Gasteiger partial charge in [0.2, 0.25) is 0 Å². The van der Waals surface area contributed by atoms with Crippen molar-refractivity contribution < 1.29 is 22.7 Å². The van der Waals surface area contributed by atoms with Gasteiger partial charge in [-0.2, -0.15) is 13.2 Å². The molecule has 0 saturated carbocycles. The van der Waals surface area contributed by atoms with Crippen molar-refractivity contribution in [3.8, 4) is 5.75 Å². The van der Waals surface area contributed by atoms with Gasteiger partial charge in [0.05, 0.1) is 5.69 Å². The number of anilines is 1. The summed E-state index contributed by atoms with van der Waals surface area (Å²) in [5.74, 6) is 0.0565. The number of alkyl halides is 3. The zero-order chi connectivity index (χ0) is 14.8. The van der Waals surface area contributed by atoms with Gasteiger partial charge in [0.15, 0.2) is 12.9 Å². The fraction of sp³-hybridized carbons (Fsp3) is 0.462. The molecule has 1 aliphatic heterocycles. The maximum atomic E-state index is 12.3. The van der Waals surface area contributed by atoms with Crippen LogP contribution < -0.4 is 15.4 Å². The van der Waals surface area contributed by atoms with E-state index in [1.54, 1.807) is 11.0 Å².